The van der Waals surface area contributed by atoms with Crippen molar-refractivity contribution in [3.63, 3.8) is 0 Å². The second-order valence-corrected chi connectivity index (χ2v) is 6.42. The highest BCUT2D eigenvalue weighted by Gasteiger charge is 2.25. The molecule has 1 heterocycles. The average Bonchev–Trinajstić information content (AvgIpc) is 2.62. The molecule has 1 fully saturated rings. The molecule has 1 aliphatic rings. The third-order valence-corrected chi connectivity index (χ3v) is 4.55. The Bertz CT molecular complexity index is 833. The lowest BCUT2D eigenvalue weighted by molar-refractivity contribution is 0.208. The zero-order valence-corrected chi connectivity index (χ0v) is 14.7. The van der Waals surface area contributed by atoms with E-state index >= 15 is 0 Å². The largest absolute Gasteiger partial charge is 0.366 e. The van der Waals surface area contributed by atoms with E-state index in [9.17, 15) is 18.0 Å². The number of hydrogen-bond acceptors (Lipinski definition) is 2. The molecule has 4 nitrogen and oxygen atoms in total. The first-order chi connectivity index (χ1) is 12.4. The van der Waals surface area contributed by atoms with Crippen LogP contribution in [0.15, 0.2) is 30.3 Å². The third-order valence-electron chi connectivity index (χ3n) is 4.55. The fourth-order valence-corrected chi connectivity index (χ4v) is 3.06. The van der Waals surface area contributed by atoms with Crippen LogP contribution in [0.5, 0.6) is 0 Å². The van der Waals surface area contributed by atoms with Gasteiger partial charge in [-0.15, -0.1) is 0 Å². The summed E-state index contributed by atoms with van der Waals surface area (Å²) in [5.41, 5.74) is 2.84. The lowest BCUT2D eigenvalue weighted by atomic mass is 10.1. The standard InChI is InChI=1S/C19H20F3N3O/c1-12-3-5-15(13(2)11-12)23-19(26)25-9-7-24(8-10-25)16-6-4-14(20)17(21)18(16)22/h3-6,11H,7-10H2,1-2H3,(H,23,26). The summed E-state index contributed by atoms with van der Waals surface area (Å²) in [6.07, 6.45) is 0. The van der Waals surface area contributed by atoms with Gasteiger partial charge in [-0.1, -0.05) is 17.7 Å². The summed E-state index contributed by atoms with van der Waals surface area (Å²) in [6.45, 7) is 5.29. The van der Waals surface area contributed by atoms with Crippen molar-refractivity contribution in [2.75, 3.05) is 36.4 Å². The average molecular weight is 363 g/mol. The molecule has 2 aromatic rings. The zero-order valence-electron chi connectivity index (χ0n) is 14.7. The fraction of sp³-hybridized carbons (Fsp3) is 0.316. The van der Waals surface area contributed by atoms with Crippen molar-refractivity contribution in [3.05, 3.63) is 58.9 Å². The quantitative estimate of drug-likeness (QED) is 0.817. The zero-order chi connectivity index (χ0) is 18.8. The maximum atomic E-state index is 13.9. The van der Waals surface area contributed by atoms with Gasteiger partial charge in [0.05, 0.1) is 5.69 Å². The van der Waals surface area contributed by atoms with Crippen LogP contribution in [0, 0.1) is 31.3 Å². The van der Waals surface area contributed by atoms with Crippen molar-refractivity contribution in [3.8, 4) is 0 Å². The Balaban J connectivity index is 1.63. The summed E-state index contributed by atoms with van der Waals surface area (Å²) in [6, 6.07) is 7.66. The van der Waals surface area contributed by atoms with E-state index in [1.165, 1.54) is 6.07 Å². The highest BCUT2D eigenvalue weighted by molar-refractivity contribution is 5.90. The molecule has 1 aliphatic heterocycles. The smallest absolute Gasteiger partial charge is 0.321 e. The summed E-state index contributed by atoms with van der Waals surface area (Å²) in [5, 5.41) is 2.87. The Morgan fingerprint density at radius 1 is 0.962 bits per heavy atom. The Morgan fingerprint density at radius 2 is 1.65 bits per heavy atom. The fourth-order valence-electron chi connectivity index (χ4n) is 3.06. The molecular weight excluding hydrogens is 343 g/mol. The van der Waals surface area contributed by atoms with Gasteiger partial charge in [-0.2, -0.15) is 0 Å². The molecule has 7 heteroatoms. The van der Waals surface area contributed by atoms with Gasteiger partial charge < -0.3 is 15.1 Å². The van der Waals surface area contributed by atoms with Gasteiger partial charge in [0.2, 0.25) is 0 Å². The minimum Gasteiger partial charge on any atom is -0.366 e. The van der Waals surface area contributed by atoms with Gasteiger partial charge in [0.25, 0.3) is 0 Å². The summed E-state index contributed by atoms with van der Waals surface area (Å²) in [4.78, 5) is 15.7. The Labute approximate surface area is 150 Å². The van der Waals surface area contributed by atoms with Gasteiger partial charge in [0.1, 0.15) is 0 Å². The maximum absolute atomic E-state index is 13.9. The molecule has 0 aromatic heterocycles. The normalized spacial score (nSPS) is 14.5. The molecule has 0 radical (unpaired) electrons. The molecule has 0 unspecified atom stereocenters. The van der Waals surface area contributed by atoms with Crippen molar-refractivity contribution in [1.29, 1.82) is 0 Å². The predicted molar refractivity (Wildman–Crippen MR) is 95.0 cm³/mol. The van der Waals surface area contributed by atoms with Crippen LogP contribution >= 0.6 is 0 Å². The molecule has 1 saturated heterocycles. The van der Waals surface area contributed by atoms with Crippen molar-refractivity contribution in [2.45, 2.75) is 13.8 Å². The molecule has 0 aliphatic carbocycles. The molecule has 0 bridgehead atoms. The summed E-state index contributed by atoms with van der Waals surface area (Å²) < 4.78 is 40.4. The molecule has 138 valence electrons. The number of carbonyl (C=O) groups is 1. The van der Waals surface area contributed by atoms with Gasteiger partial charge in [0.15, 0.2) is 17.5 Å². The number of anilines is 2. The number of aryl methyl sites for hydroxylation is 2. The first-order valence-electron chi connectivity index (χ1n) is 8.38. The van der Waals surface area contributed by atoms with Crippen molar-refractivity contribution >= 4 is 17.4 Å². The van der Waals surface area contributed by atoms with E-state index in [4.69, 9.17) is 0 Å². The third kappa shape index (κ3) is 3.61. The van der Waals surface area contributed by atoms with Crippen molar-refractivity contribution < 1.29 is 18.0 Å². The van der Waals surface area contributed by atoms with E-state index in [1.54, 1.807) is 9.80 Å². The highest BCUT2D eigenvalue weighted by atomic mass is 19.2. The van der Waals surface area contributed by atoms with Gasteiger partial charge in [-0.05, 0) is 37.6 Å². The van der Waals surface area contributed by atoms with Crippen LogP contribution in [0.3, 0.4) is 0 Å². The number of hydrogen-bond donors (Lipinski definition) is 1. The molecule has 26 heavy (non-hydrogen) atoms. The summed E-state index contributed by atoms with van der Waals surface area (Å²) >= 11 is 0. The molecule has 2 amide bonds. The van der Waals surface area contributed by atoms with E-state index < -0.39 is 17.5 Å². The molecule has 0 saturated carbocycles. The lowest BCUT2D eigenvalue weighted by Crippen LogP contribution is -2.50. The minimum absolute atomic E-state index is 0.0123. The first-order valence-corrected chi connectivity index (χ1v) is 8.38. The first kappa shape index (κ1) is 18.1. The van der Waals surface area contributed by atoms with E-state index in [1.807, 2.05) is 32.0 Å². The summed E-state index contributed by atoms with van der Waals surface area (Å²) in [7, 11) is 0. The van der Waals surface area contributed by atoms with Gasteiger partial charge >= 0.3 is 6.03 Å². The van der Waals surface area contributed by atoms with Crippen molar-refractivity contribution in [1.82, 2.24) is 4.90 Å². The van der Waals surface area contributed by atoms with Gasteiger partial charge in [-0.3, -0.25) is 0 Å². The Morgan fingerprint density at radius 3 is 2.31 bits per heavy atom. The molecule has 0 spiro atoms. The SMILES string of the molecule is Cc1ccc(NC(=O)N2CCN(c3ccc(F)c(F)c3F)CC2)c(C)c1. The number of benzene rings is 2. The van der Waals surface area contributed by atoms with Crippen LogP contribution in [0.1, 0.15) is 11.1 Å². The van der Waals surface area contributed by atoms with E-state index in [0.717, 1.165) is 22.9 Å². The van der Waals surface area contributed by atoms with Crippen molar-refractivity contribution in [2.24, 2.45) is 0 Å². The van der Waals surface area contributed by atoms with Crippen LogP contribution in [0.2, 0.25) is 0 Å². The molecule has 0 atom stereocenters. The molecular formula is C19H20F3N3O. The molecule has 2 aromatic carbocycles. The Kier molecular flexibility index (Phi) is 5.06. The van der Waals surface area contributed by atoms with Crippen LogP contribution < -0.4 is 10.2 Å². The van der Waals surface area contributed by atoms with Crippen LogP contribution in [0.4, 0.5) is 29.3 Å². The number of amides is 2. The topological polar surface area (TPSA) is 35.6 Å². The van der Waals surface area contributed by atoms with Crippen LogP contribution in [0.25, 0.3) is 0 Å². The summed E-state index contributed by atoms with van der Waals surface area (Å²) in [5.74, 6) is -3.88. The van der Waals surface area contributed by atoms with Gasteiger partial charge in [-0.25, -0.2) is 18.0 Å². The monoisotopic (exact) mass is 363 g/mol. The number of carbonyl (C=O) groups excluding carboxylic acids is 1. The van der Waals surface area contributed by atoms with E-state index in [0.29, 0.717) is 26.2 Å². The van der Waals surface area contributed by atoms with Gasteiger partial charge in [0, 0.05) is 31.9 Å². The minimum atomic E-state index is -1.47. The second-order valence-electron chi connectivity index (χ2n) is 6.42. The van der Waals surface area contributed by atoms with Crippen LogP contribution in [-0.2, 0) is 0 Å². The van der Waals surface area contributed by atoms with E-state index in [-0.39, 0.29) is 11.7 Å². The number of halogens is 3. The molecule has 1 N–H and O–H groups in total. The number of nitrogens with zero attached hydrogens (tertiary/aromatic N) is 2. The Hall–Kier alpha value is -2.70. The predicted octanol–water partition coefficient (Wildman–Crippen LogP) is 4.07. The molecule has 3 rings (SSSR count). The van der Waals surface area contributed by atoms with E-state index in [2.05, 4.69) is 5.32 Å². The number of rotatable bonds is 2. The number of piperazine rings is 1. The van der Waals surface area contributed by atoms with Crippen LogP contribution in [-0.4, -0.2) is 37.1 Å². The highest BCUT2D eigenvalue weighted by Crippen LogP contribution is 2.25. The second kappa shape index (κ2) is 7.27. The lowest BCUT2D eigenvalue weighted by Gasteiger charge is -2.36. The number of nitrogens with one attached hydrogen (secondary N) is 1. The maximum Gasteiger partial charge on any atom is 0.321 e. The number of urea groups is 1.